The van der Waals surface area contributed by atoms with Gasteiger partial charge in [0.2, 0.25) is 0 Å². The second-order valence-electron chi connectivity index (χ2n) is 13.1. The van der Waals surface area contributed by atoms with Crippen LogP contribution in [-0.4, -0.2) is 61.3 Å². The second kappa shape index (κ2) is 16.7. The van der Waals surface area contributed by atoms with Crippen molar-refractivity contribution >= 4 is 40.9 Å². The third-order valence-electron chi connectivity index (χ3n) is 7.91. The Bertz CT molecular complexity index is 1970. The summed E-state index contributed by atoms with van der Waals surface area (Å²) >= 11 is 1.55. The van der Waals surface area contributed by atoms with E-state index < -0.39 is 29.5 Å². The van der Waals surface area contributed by atoms with Gasteiger partial charge in [-0.05, 0) is 92.6 Å². The lowest BCUT2D eigenvalue weighted by Gasteiger charge is -2.20. The monoisotopic (exact) mass is 728 g/mol. The molecular formula is C39H44N4O8S. The van der Waals surface area contributed by atoms with Crippen LogP contribution in [0.4, 0.5) is 10.5 Å². The number of carbonyl (C=O) groups is 4. The standard InChI is InChI=1S/C39H44N4O8S/c1-7-15-40-36(45)30-12-10-25(33(42-30)37(46)48-6)26-21-31-28(34-24(13-17-50-31)14-18-52-34)20-27(26)35(44)43-29-11-9-23(19-32(29)49-16-8-2)22-41-38(47)51-39(3,4)5/h9-12,14,18-21H,7-8,13,15-17,22H2,1-6H3,(H,40,45)(H,41,47)(H,43,44). The van der Waals surface area contributed by atoms with Gasteiger partial charge in [-0.1, -0.05) is 19.9 Å². The summed E-state index contributed by atoms with van der Waals surface area (Å²) in [4.78, 5) is 58.1. The minimum atomic E-state index is -0.770. The maximum atomic E-state index is 14.5. The Morgan fingerprint density at radius 1 is 0.923 bits per heavy atom. The fourth-order valence-electron chi connectivity index (χ4n) is 5.50. The summed E-state index contributed by atoms with van der Waals surface area (Å²) in [5, 5.41) is 10.5. The summed E-state index contributed by atoms with van der Waals surface area (Å²) in [7, 11) is 1.23. The summed E-state index contributed by atoms with van der Waals surface area (Å²) in [5.74, 6) is -0.729. The van der Waals surface area contributed by atoms with Crippen LogP contribution in [0.3, 0.4) is 0 Å². The Balaban J connectivity index is 1.58. The third-order valence-corrected chi connectivity index (χ3v) is 8.90. The van der Waals surface area contributed by atoms with Crippen LogP contribution in [0.5, 0.6) is 11.5 Å². The number of alkyl carbamates (subject to hydrolysis) is 1. The van der Waals surface area contributed by atoms with Crippen molar-refractivity contribution in [2.75, 3.05) is 32.2 Å². The number of methoxy groups -OCH3 is 1. The van der Waals surface area contributed by atoms with Crippen molar-refractivity contribution in [1.29, 1.82) is 0 Å². The number of benzene rings is 2. The molecule has 1 aliphatic heterocycles. The van der Waals surface area contributed by atoms with E-state index in [1.54, 1.807) is 68.5 Å². The van der Waals surface area contributed by atoms with Crippen molar-refractivity contribution in [3.8, 4) is 33.1 Å². The summed E-state index contributed by atoms with van der Waals surface area (Å²) in [6.07, 6.45) is 1.59. The van der Waals surface area contributed by atoms with Gasteiger partial charge in [-0.25, -0.2) is 14.6 Å². The van der Waals surface area contributed by atoms with E-state index in [1.807, 2.05) is 25.3 Å². The maximum absolute atomic E-state index is 14.5. The molecule has 0 fully saturated rings. The molecule has 13 heteroatoms. The Hall–Kier alpha value is -5.43. The molecule has 0 radical (unpaired) electrons. The highest BCUT2D eigenvalue weighted by Crippen LogP contribution is 2.43. The summed E-state index contributed by atoms with van der Waals surface area (Å²) in [6.45, 7) is 10.7. The zero-order chi connectivity index (χ0) is 37.4. The molecule has 52 heavy (non-hydrogen) atoms. The number of aromatic nitrogens is 1. The molecule has 0 saturated heterocycles. The number of pyridine rings is 1. The van der Waals surface area contributed by atoms with E-state index in [-0.39, 0.29) is 29.1 Å². The normalized spacial score (nSPS) is 12.0. The molecule has 0 aliphatic carbocycles. The molecular weight excluding hydrogens is 685 g/mol. The average Bonchev–Trinajstić information content (AvgIpc) is 3.52. The number of rotatable bonds is 12. The largest absolute Gasteiger partial charge is 0.493 e. The van der Waals surface area contributed by atoms with Gasteiger partial charge in [0.05, 0.1) is 26.0 Å². The number of nitrogens with one attached hydrogen (secondary N) is 3. The first kappa shape index (κ1) is 37.8. The van der Waals surface area contributed by atoms with Crippen molar-refractivity contribution in [3.63, 3.8) is 0 Å². The quantitative estimate of drug-likeness (QED) is 0.127. The third kappa shape index (κ3) is 9.07. The van der Waals surface area contributed by atoms with Crippen molar-refractivity contribution in [2.45, 2.75) is 66.0 Å². The van der Waals surface area contributed by atoms with Crippen LogP contribution in [0.15, 0.2) is 53.9 Å². The first-order valence-electron chi connectivity index (χ1n) is 17.2. The fraction of sp³-hybridized carbons (Fsp3) is 0.359. The van der Waals surface area contributed by atoms with Crippen molar-refractivity contribution < 1.29 is 38.1 Å². The maximum Gasteiger partial charge on any atom is 0.407 e. The number of carbonyl (C=O) groups excluding carboxylic acids is 4. The van der Waals surface area contributed by atoms with Crippen LogP contribution in [0, 0.1) is 0 Å². The van der Waals surface area contributed by atoms with Crippen LogP contribution in [0.25, 0.3) is 21.6 Å². The molecule has 0 spiro atoms. The van der Waals surface area contributed by atoms with Gasteiger partial charge in [-0.15, -0.1) is 11.3 Å². The van der Waals surface area contributed by atoms with E-state index in [1.165, 1.54) is 13.2 Å². The van der Waals surface area contributed by atoms with Crippen LogP contribution in [0.1, 0.15) is 89.9 Å². The molecule has 2 aromatic heterocycles. The van der Waals surface area contributed by atoms with E-state index in [0.29, 0.717) is 48.9 Å². The molecule has 0 unspecified atom stereocenters. The molecule has 5 rings (SSSR count). The number of anilines is 1. The van der Waals surface area contributed by atoms with Crippen molar-refractivity contribution in [2.24, 2.45) is 0 Å². The Morgan fingerprint density at radius 3 is 2.46 bits per heavy atom. The number of fused-ring (bicyclic) bond motifs is 3. The SMILES string of the molecule is CCCNC(=O)c1ccc(-c2cc3c(cc2C(=O)Nc2ccc(CNC(=O)OC(C)(C)C)cc2OCCC)-c2sccc2CCO3)c(C(=O)OC)n1. The molecule has 1 aliphatic rings. The topological polar surface area (TPSA) is 154 Å². The molecule has 274 valence electrons. The molecule has 12 nitrogen and oxygen atoms in total. The van der Waals surface area contributed by atoms with Gasteiger partial charge in [0, 0.05) is 46.6 Å². The Labute approximate surface area is 307 Å². The van der Waals surface area contributed by atoms with E-state index in [2.05, 4.69) is 20.9 Å². The van der Waals surface area contributed by atoms with Crippen molar-refractivity contribution in [3.05, 3.63) is 82.0 Å². The number of esters is 1. The van der Waals surface area contributed by atoms with Crippen LogP contribution < -0.4 is 25.4 Å². The number of hydrogen-bond acceptors (Lipinski definition) is 10. The van der Waals surface area contributed by atoms with Gasteiger partial charge in [0.15, 0.2) is 5.69 Å². The molecule has 3 heterocycles. The molecule has 3 N–H and O–H groups in total. The van der Waals surface area contributed by atoms with Crippen LogP contribution >= 0.6 is 11.3 Å². The summed E-state index contributed by atoms with van der Waals surface area (Å²) < 4.78 is 22.7. The predicted octanol–water partition coefficient (Wildman–Crippen LogP) is 7.40. The molecule has 2 aromatic carbocycles. The first-order chi connectivity index (χ1) is 24.9. The highest BCUT2D eigenvalue weighted by Gasteiger charge is 2.27. The molecule has 0 bridgehead atoms. The van der Waals surface area contributed by atoms with Crippen molar-refractivity contribution in [1.82, 2.24) is 15.6 Å². The highest BCUT2D eigenvalue weighted by atomic mass is 32.1. The summed E-state index contributed by atoms with van der Waals surface area (Å²) in [6, 6.07) is 13.9. The van der Waals surface area contributed by atoms with Gasteiger partial charge in [0.1, 0.15) is 22.8 Å². The minimum Gasteiger partial charge on any atom is -0.493 e. The highest BCUT2D eigenvalue weighted by molar-refractivity contribution is 7.13. The zero-order valence-corrected chi connectivity index (χ0v) is 31.1. The van der Waals surface area contributed by atoms with E-state index in [9.17, 15) is 19.2 Å². The second-order valence-corrected chi connectivity index (χ2v) is 14.0. The minimum absolute atomic E-state index is 0.0387. The lowest BCUT2D eigenvalue weighted by Crippen LogP contribution is -2.32. The smallest absolute Gasteiger partial charge is 0.407 e. The molecule has 4 aromatic rings. The number of ether oxygens (including phenoxy) is 4. The predicted molar refractivity (Wildman–Crippen MR) is 199 cm³/mol. The number of nitrogens with zero attached hydrogens (tertiary/aromatic N) is 1. The van der Waals surface area contributed by atoms with Gasteiger partial charge in [-0.3, -0.25) is 9.59 Å². The van der Waals surface area contributed by atoms with Gasteiger partial charge in [0.25, 0.3) is 11.8 Å². The van der Waals surface area contributed by atoms with E-state index in [0.717, 1.165) is 34.4 Å². The Morgan fingerprint density at radius 2 is 1.73 bits per heavy atom. The zero-order valence-electron chi connectivity index (χ0n) is 30.3. The Kier molecular flexibility index (Phi) is 12.2. The van der Waals surface area contributed by atoms with E-state index in [4.69, 9.17) is 18.9 Å². The van der Waals surface area contributed by atoms with Crippen LogP contribution in [-0.2, 0) is 22.4 Å². The fourth-order valence-corrected chi connectivity index (χ4v) is 6.48. The van der Waals surface area contributed by atoms with Gasteiger partial charge in [-0.2, -0.15) is 0 Å². The lowest BCUT2D eigenvalue weighted by molar-refractivity contribution is 0.0521. The summed E-state index contributed by atoms with van der Waals surface area (Å²) in [5.41, 5.74) is 3.14. The van der Waals surface area contributed by atoms with Gasteiger partial charge < -0.3 is 34.9 Å². The van der Waals surface area contributed by atoms with E-state index >= 15 is 0 Å². The number of amides is 3. The first-order valence-corrected chi connectivity index (χ1v) is 18.1. The molecule has 0 saturated carbocycles. The molecule has 3 amide bonds. The van der Waals surface area contributed by atoms with Gasteiger partial charge >= 0.3 is 12.1 Å². The number of hydrogen-bond donors (Lipinski definition) is 3. The average molecular weight is 729 g/mol. The number of thiophene rings is 1. The van der Waals surface area contributed by atoms with Crippen LogP contribution in [0.2, 0.25) is 0 Å². The molecule has 0 atom stereocenters. The lowest BCUT2D eigenvalue weighted by atomic mass is 9.93.